The Morgan fingerprint density at radius 3 is 2.43 bits per heavy atom. The Labute approximate surface area is 164 Å². The third-order valence-electron chi connectivity index (χ3n) is 5.03. The summed E-state index contributed by atoms with van der Waals surface area (Å²) >= 11 is 0. The molecule has 1 saturated heterocycles. The fourth-order valence-electron chi connectivity index (χ4n) is 3.48. The van der Waals surface area contributed by atoms with E-state index in [1.165, 1.54) is 17.0 Å². The second kappa shape index (κ2) is 8.50. The van der Waals surface area contributed by atoms with Gasteiger partial charge >= 0.3 is 0 Å². The summed E-state index contributed by atoms with van der Waals surface area (Å²) in [4.78, 5) is 26.8. The van der Waals surface area contributed by atoms with Crippen molar-refractivity contribution in [3.05, 3.63) is 65.0 Å². The number of nitrogens with zero attached hydrogens (tertiary/aromatic N) is 1. The van der Waals surface area contributed by atoms with Crippen molar-refractivity contribution in [2.75, 3.05) is 25.5 Å². The van der Waals surface area contributed by atoms with Crippen LogP contribution in [0.4, 0.5) is 10.1 Å². The number of anilines is 1. The zero-order chi connectivity index (χ0) is 20.3. The molecule has 3 rings (SSSR count). The van der Waals surface area contributed by atoms with E-state index >= 15 is 0 Å². The number of aryl methyl sites for hydroxylation is 2. The number of para-hydroxylation sites is 1. The minimum absolute atomic E-state index is 0.0424. The molecule has 28 heavy (non-hydrogen) atoms. The molecule has 2 atom stereocenters. The number of carbonyl (C=O) groups excluding carboxylic acids is 2. The lowest BCUT2D eigenvalue weighted by molar-refractivity contribution is -0.136. The SMILES string of the molecule is Cc1cccc(C)c1NC(=O)CN(C)C(=O)C1CNNC1c1ccc(F)cc1. The van der Waals surface area contributed by atoms with Gasteiger partial charge in [-0.15, -0.1) is 0 Å². The summed E-state index contributed by atoms with van der Waals surface area (Å²) in [6.07, 6.45) is 0. The zero-order valence-corrected chi connectivity index (χ0v) is 16.3. The first-order valence-electron chi connectivity index (χ1n) is 9.21. The molecule has 3 N–H and O–H groups in total. The second-order valence-electron chi connectivity index (χ2n) is 7.17. The van der Waals surface area contributed by atoms with Gasteiger partial charge in [0.2, 0.25) is 11.8 Å². The summed E-state index contributed by atoms with van der Waals surface area (Å²) in [6.45, 7) is 4.25. The van der Waals surface area contributed by atoms with Crippen molar-refractivity contribution in [1.29, 1.82) is 0 Å². The Kier molecular flexibility index (Phi) is 6.06. The number of nitrogens with one attached hydrogen (secondary N) is 3. The van der Waals surface area contributed by atoms with Crippen molar-refractivity contribution < 1.29 is 14.0 Å². The normalized spacial score (nSPS) is 18.7. The summed E-state index contributed by atoms with van der Waals surface area (Å²) in [7, 11) is 1.62. The first-order chi connectivity index (χ1) is 13.4. The number of benzene rings is 2. The van der Waals surface area contributed by atoms with Gasteiger partial charge in [-0.3, -0.25) is 15.0 Å². The lowest BCUT2D eigenvalue weighted by atomic mass is 9.93. The van der Waals surface area contributed by atoms with Gasteiger partial charge in [0.1, 0.15) is 5.82 Å². The van der Waals surface area contributed by atoms with E-state index in [9.17, 15) is 14.0 Å². The standard InChI is InChI=1S/C21H25FN4O2/c1-13-5-4-6-14(2)19(13)24-18(27)12-26(3)21(28)17-11-23-25-20(17)15-7-9-16(22)10-8-15/h4-10,17,20,23,25H,11-12H2,1-3H3,(H,24,27). The fraction of sp³-hybridized carbons (Fsp3) is 0.333. The van der Waals surface area contributed by atoms with Gasteiger partial charge < -0.3 is 10.2 Å². The van der Waals surface area contributed by atoms with E-state index in [2.05, 4.69) is 16.2 Å². The van der Waals surface area contributed by atoms with Gasteiger partial charge in [0.25, 0.3) is 0 Å². The predicted molar refractivity (Wildman–Crippen MR) is 106 cm³/mol. The molecular formula is C21H25FN4O2. The molecule has 0 bridgehead atoms. The number of amides is 2. The number of hydrazine groups is 1. The molecule has 0 spiro atoms. The quantitative estimate of drug-likeness (QED) is 0.740. The van der Waals surface area contributed by atoms with Gasteiger partial charge in [0, 0.05) is 19.3 Å². The summed E-state index contributed by atoms with van der Waals surface area (Å²) < 4.78 is 13.2. The first kappa shape index (κ1) is 20.0. The lowest BCUT2D eigenvalue weighted by Crippen LogP contribution is -2.41. The van der Waals surface area contributed by atoms with E-state index in [0.717, 1.165) is 22.4 Å². The number of halogens is 1. The van der Waals surface area contributed by atoms with Crippen LogP contribution >= 0.6 is 0 Å². The van der Waals surface area contributed by atoms with Gasteiger partial charge in [-0.25, -0.2) is 9.82 Å². The third-order valence-corrected chi connectivity index (χ3v) is 5.03. The fourth-order valence-corrected chi connectivity index (χ4v) is 3.48. The Bertz CT molecular complexity index is 849. The molecule has 1 fully saturated rings. The highest BCUT2D eigenvalue weighted by molar-refractivity contribution is 5.96. The molecule has 0 radical (unpaired) electrons. The maximum atomic E-state index is 13.2. The van der Waals surface area contributed by atoms with Crippen LogP contribution in [-0.4, -0.2) is 36.9 Å². The van der Waals surface area contributed by atoms with Crippen LogP contribution in [0, 0.1) is 25.6 Å². The smallest absolute Gasteiger partial charge is 0.243 e. The molecule has 1 aliphatic heterocycles. The van der Waals surface area contributed by atoms with Crippen LogP contribution in [0.25, 0.3) is 0 Å². The Morgan fingerprint density at radius 1 is 1.14 bits per heavy atom. The summed E-state index contributed by atoms with van der Waals surface area (Å²) in [5.74, 6) is -1.10. The number of hydrogen-bond donors (Lipinski definition) is 3. The van der Waals surface area contributed by atoms with Gasteiger partial charge in [-0.2, -0.15) is 0 Å². The van der Waals surface area contributed by atoms with Crippen molar-refractivity contribution in [3.8, 4) is 0 Å². The molecule has 0 aliphatic carbocycles. The van der Waals surface area contributed by atoms with Gasteiger partial charge in [0.15, 0.2) is 0 Å². The minimum Gasteiger partial charge on any atom is -0.336 e. The summed E-state index contributed by atoms with van der Waals surface area (Å²) in [5.41, 5.74) is 9.60. The summed E-state index contributed by atoms with van der Waals surface area (Å²) in [5, 5.41) is 2.90. The zero-order valence-electron chi connectivity index (χ0n) is 16.3. The van der Waals surface area contributed by atoms with Crippen LogP contribution in [0.1, 0.15) is 22.7 Å². The largest absolute Gasteiger partial charge is 0.336 e. The molecule has 6 nitrogen and oxygen atoms in total. The highest BCUT2D eigenvalue weighted by atomic mass is 19.1. The van der Waals surface area contributed by atoms with Gasteiger partial charge in [-0.05, 0) is 42.7 Å². The molecule has 0 saturated carbocycles. The Morgan fingerprint density at radius 2 is 1.79 bits per heavy atom. The van der Waals surface area contributed by atoms with Crippen molar-refractivity contribution >= 4 is 17.5 Å². The topological polar surface area (TPSA) is 73.5 Å². The highest BCUT2D eigenvalue weighted by Gasteiger charge is 2.36. The number of likely N-dealkylation sites (N-methyl/N-ethyl adjacent to an activating group) is 1. The van der Waals surface area contributed by atoms with Gasteiger partial charge in [-0.1, -0.05) is 30.3 Å². The number of carbonyl (C=O) groups is 2. The van der Waals surface area contributed by atoms with Crippen LogP contribution in [0.2, 0.25) is 0 Å². The first-order valence-corrected chi connectivity index (χ1v) is 9.21. The molecular weight excluding hydrogens is 359 g/mol. The molecule has 1 heterocycles. The third kappa shape index (κ3) is 4.37. The van der Waals surface area contributed by atoms with E-state index < -0.39 is 0 Å². The van der Waals surface area contributed by atoms with Crippen LogP contribution in [-0.2, 0) is 9.59 Å². The molecule has 148 valence electrons. The van der Waals surface area contributed by atoms with E-state index in [1.54, 1.807) is 19.2 Å². The van der Waals surface area contributed by atoms with E-state index in [-0.39, 0.29) is 36.1 Å². The van der Waals surface area contributed by atoms with E-state index in [4.69, 9.17) is 0 Å². The van der Waals surface area contributed by atoms with Crippen LogP contribution in [0.3, 0.4) is 0 Å². The molecule has 2 aromatic rings. The number of hydrogen-bond acceptors (Lipinski definition) is 4. The number of rotatable bonds is 5. The predicted octanol–water partition coefficient (Wildman–Crippen LogP) is 2.30. The molecule has 1 aliphatic rings. The second-order valence-corrected chi connectivity index (χ2v) is 7.17. The minimum atomic E-state index is -0.386. The summed E-state index contributed by atoms with van der Waals surface area (Å²) in [6, 6.07) is 11.6. The highest BCUT2D eigenvalue weighted by Crippen LogP contribution is 2.26. The van der Waals surface area contributed by atoms with E-state index in [1.807, 2.05) is 32.0 Å². The molecule has 2 amide bonds. The Hall–Kier alpha value is -2.77. The van der Waals surface area contributed by atoms with Crippen molar-refractivity contribution in [1.82, 2.24) is 15.8 Å². The average Bonchev–Trinajstić information content (AvgIpc) is 3.14. The lowest BCUT2D eigenvalue weighted by Gasteiger charge is -2.24. The Balaban J connectivity index is 1.65. The maximum Gasteiger partial charge on any atom is 0.243 e. The average molecular weight is 384 g/mol. The van der Waals surface area contributed by atoms with Gasteiger partial charge in [0.05, 0.1) is 18.5 Å². The molecule has 2 aromatic carbocycles. The maximum absolute atomic E-state index is 13.2. The van der Waals surface area contributed by atoms with Crippen molar-refractivity contribution in [2.45, 2.75) is 19.9 Å². The molecule has 7 heteroatoms. The molecule has 2 unspecified atom stereocenters. The van der Waals surface area contributed by atoms with Crippen LogP contribution < -0.4 is 16.2 Å². The monoisotopic (exact) mass is 384 g/mol. The van der Waals surface area contributed by atoms with Crippen molar-refractivity contribution in [2.24, 2.45) is 5.92 Å². The molecule has 0 aromatic heterocycles. The van der Waals surface area contributed by atoms with Crippen LogP contribution in [0.5, 0.6) is 0 Å². The van der Waals surface area contributed by atoms with E-state index in [0.29, 0.717) is 6.54 Å². The van der Waals surface area contributed by atoms with Crippen LogP contribution in [0.15, 0.2) is 42.5 Å². The van der Waals surface area contributed by atoms with Crippen molar-refractivity contribution in [3.63, 3.8) is 0 Å².